The number of esters is 1. The van der Waals surface area contributed by atoms with Crippen LogP contribution in [0.4, 0.5) is 0 Å². The quantitative estimate of drug-likeness (QED) is 0.710. The molecule has 3 rings (SSSR count). The minimum absolute atomic E-state index is 0.225. The zero-order valence-electron chi connectivity index (χ0n) is 12.5. The van der Waals surface area contributed by atoms with Gasteiger partial charge in [0.2, 0.25) is 0 Å². The van der Waals surface area contributed by atoms with Crippen LogP contribution in [0.2, 0.25) is 10.0 Å². The molecule has 0 amide bonds. The largest absolute Gasteiger partial charge is 0.451 e. The standard InChI is InChI=1S/C17H12Cl2N2O3/c1-9(24-17(23)10-6-11(18)8-12(19)7-10)15-20-14-5-3-2-4-13(14)16(22)21-15/h2-9H,1H3,(H,20,21,22)/t9-/m1/s1. The van der Waals surface area contributed by atoms with Gasteiger partial charge in [0, 0.05) is 10.0 Å². The second-order valence-electron chi connectivity index (χ2n) is 5.17. The van der Waals surface area contributed by atoms with Crippen LogP contribution in [-0.2, 0) is 4.74 Å². The summed E-state index contributed by atoms with van der Waals surface area (Å²) in [5.74, 6) is -0.345. The maximum atomic E-state index is 12.2. The number of H-pyrrole nitrogens is 1. The molecule has 0 unspecified atom stereocenters. The van der Waals surface area contributed by atoms with E-state index in [9.17, 15) is 9.59 Å². The van der Waals surface area contributed by atoms with Crippen molar-refractivity contribution in [2.75, 3.05) is 0 Å². The normalized spacial score (nSPS) is 12.1. The topological polar surface area (TPSA) is 72.0 Å². The Morgan fingerprint density at radius 1 is 1.17 bits per heavy atom. The van der Waals surface area contributed by atoms with Gasteiger partial charge < -0.3 is 9.72 Å². The Hall–Kier alpha value is -2.37. The number of benzene rings is 2. The molecule has 2 aromatic carbocycles. The van der Waals surface area contributed by atoms with Gasteiger partial charge in [0.1, 0.15) is 0 Å². The van der Waals surface area contributed by atoms with Crippen LogP contribution in [0.3, 0.4) is 0 Å². The summed E-state index contributed by atoms with van der Waals surface area (Å²) >= 11 is 11.8. The maximum Gasteiger partial charge on any atom is 0.338 e. The molecule has 5 nitrogen and oxygen atoms in total. The molecule has 0 aliphatic rings. The Morgan fingerprint density at radius 2 is 1.83 bits per heavy atom. The van der Waals surface area contributed by atoms with Gasteiger partial charge in [-0.05, 0) is 37.3 Å². The number of fused-ring (bicyclic) bond motifs is 1. The molecule has 0 saturated heterocycles. The lowest BCUT2D eigenvalue weighted by Crippen LogP contribution is -2.17. The maximum absolute atomic E-state index is 12.2. The summed E-state index contributed by atoms with van der Waals surface area (Å²) in [6, 6.07) is 11.4. The molecule has 122 valence electrons. The Labute approximate surface area is 147 Å². The van der Waals surface area contributed by atoms with E-state index in [0.717, 1.165) is 0 Å². The van der Waals surface area contributed by atoms with Gasteiger partial charge in [0.25, 0.3) is 5.56 Å². The van der Waals surface area contributed by atoms with Crippen molar-refractivity contribution in [2.24, 2.45) is 0 Å². The van der Waals surface area contributed by atoms with Crippen LogP contribution in [0, 0.1) is 0 Å². The monoisotopic (exact) mass is 362 g/mol. The van der Waals surface area contributed by atoms with Crippen LogP contribution in [0.15, 0.2) is 47.3 Å². The number of aromatic nitrogens is 2. The molecule has 1 heterocycles. The smallest absolute Gasteiger partial charge is 0.338 e. The average Bonchev–Trinajstić information content (AvgIpc) is 2.53. The van der Waals surface area contributed by atoms with Crippen LogP contribution >= 0.6 is 23.2 Å². The first-order chi connectivity index (χ1) is 11.4. The number of hydrogen-bond donors (Lipinski definition) is 1. The zero-order valence-corrected chi connectivity index (χ0v) is 14.1. The number of nitrogens with one attached hydrogen (secondary N) is 1. The first-order valence-electron chi connectivity index (χ1n) is 7.10. The third-order valence-electron chi connectivity index (χ3n) is 3.40. The molecule has 3 aromatic rings. The second kappa shape index (κ2) is 6.63. The lowest BCUT2D eigenvalue weighted by atomic mass is 10.2. The third-order valence-corrected chi connectivity index (χ3v) is 3.83. The third kappa shape index (κ3) is 3.42. The number of carbonyl (C=O) groups excluding carboxylic acids is 1. The average molecular weight is 363 g/mol. The summed E-state index contributed by atoms with van der Waals surface area (Å²) in [7, 11) is 0. The Balaban J connectivity index is 1.88. The van der Waals surface area contributed by atoms with Crippen LogP contribution < -0.4 is 5.56 Å². The van der Waals surface area contributed by atoms with Gasteiger partial charge in [0.05, 0.1) is 16.5 Å². The van der Waals surface area contributed by atoms with Crippen LogP contribution in [0.5, 0.6) is 0 Å². The van der Waals surface area contributed by atoms with E-state index in [4.69, 9.17) is 27.9 Å². The summed E-state index contributed by atoms with van der Waals surface area (Å²) in [6.45, 7) is 1.62. The summed E-state index contributed by atoms with van der Waals surface area (Å²) in [5, 5.41) is 1.14. The van der Waals surface area contributed by atoms with Gasteiger partial charge in [-0.3, -0.25) is 4.79 Å². The fourth-order valence-corrected chi connectivity index (χ4v) is 2.78. The predicted molar refractivity (Wildman–Crippen MR) is 92.7 cm³/mol. The van der Waals surface area contributed by atoms with E-state index in [-0.39, 0.29) is 16.9 Å². The van der Waals surface area contributed by atoms with Crippen molar-refractivity contribution in [3.05, 3.63) is 74.3 Å². The van der Waals surface area contributed by atoms with Crippen molar-refractivity contribution in [3.8, 4) is 0 Å². The van der Waals surface area contributed by atoms with Crippen molar-refractivity contribution >= 4 is 40.1 Å². The van der Waals surface area contributed by atoms with Gasteiger partial charge >= 0.3 is 5.97 Å². The van der Waals surface area contributed by atoms with Crippen LogP contribution in [-0.4, -0.2) is 15.9 Å². The van der Waals surface area contributed by atoms with Gasteiger partial charge in [-0.1, -0.05) is 35.3 Å². The molecule has 0 bridgehead atoms. The summed E-state index contributed by atoms with van der Waals surface area (Å²) in [4.78, 5) is 31.3. The van der Waals surface area contributed by atoms with E-state index < -0.39 is 12.1 Å². The zero-order chi connectivity index (χ0) is 17.3. The number of hydrogen-bond acceptors (Lipinski definition) is 4. The van der Waals surface area contributed by atoms with E-state index >= 15 is 0 Å². The fraction of sp³-hybridized carbons (Fsp3) is 0.118. The minimum Gasteiger partial charge on any atom is -0.451 e. The van der Waals surface area contributed by atoms with Crippen LogP contribution in [0.25, 0.3) is 10.9 Å². The van der Waals surface area contributed by atoms with Gasteiger partial charge in [-0.15, -0.1) is 0 Å². The molecule has 0 fully saturated rings. The molecule has 0 aliphatic carbocycles. The highest BCUT2D eigenvalue weighted by molar-refractivity contribution is 6.35. The first-order valence-corrected chi connectivity index (χ1v) is 7.85. The van der Waals surface area contributed by atoms with Crippen molar-refractivity contribution in [2.45, 2.75) is 13.0 Å². The van der Waals surface area contributed by atoms with Gasteiger partial charge in [0.15, 0.2) is 11.9 Å². The van der Waals surface area contributed by atoms with E-state index in [1.54, 1.807) is 31.2 Å². The van der Waals surface area contributed by atoms with Crippen molar-refractivity contribution in [3.63, 3.8) is 0 Å². The molecular formula is C17H12Cl2N2O3. The highest BCUT2D eigenvalue weighted by atomic mass is 35.5. The Bertz CT molecular complexity index is 965. The van der Waals surface area contributed by atoms with E-state index in [1.807, 2.05) is 0 Å². The SMILES string of the molecule is C[C@@H](OC(=O)c1cc(Cl)cc(Cl)c1)c1nc2ccccc2c(=O)[nH]1. The van der Waals surface area contributed by atoms with Crippen molar-refractivity contribution in [1.82, 2.24) is 9.97 Å². The minimum atomic E-state index is -0.743. The molecule has 1 N–H and O–H groups in total. The molecule has 0 spiro atoms. The number of aromatic amines is 1. The molecule has 0 aliphatic heterocycles. The van der Waals surface area contributed by atoms with Crippen LogP contribution in [0.1, 0.15) is 29.2 Å². The van der Waals surface area contributed by atoms with E-state index in [1.165, 1.54) is 18.2 Å². The molecular weight excluding hydrogens is 351 g/mol. The number of rotatable bonds is 3. The summed E-state index contributed by atoms with van der Waals surface area (Å²) < 4.78 is 5.35. The second-order valence-corrected chi connectivity index (χ2v) is 6.05. The van der Waals surface area contributed by atoms with Gasteiger partial charge in [-0.2, -0.15) is 0 Å². The summed E-state index contributed by atoms with van der Waals surface area (Å²) in [6.07, 6.45) is -0.743. The Morgan fingerprint density at radius 3 is 2.54 bits per heavy atom. The first kappa shape index (κ1) is 16.5. The fourth-order valence-electron chi connectivity index (χ4n) is 2.25. The lowest BCUT2D eigenvalue weighted by Gasteiger charge is -2.13. The molecule has 1 atom stereocenters. The number of carbonyl (C=O) groups is 1. The highest BCUT2D eigenvalue weighted by Gasteiger charge is 2.17. The Kier molecular flexibility index (Phi) is 4.55. The molecule has 1 aromatic heterocycles. The highest BCUT2D eigenvalue weighted by Crippen LogP contribution is 2.22. The molecule has 24 heavy (non-hydrogen) atoms. The molecule has 0 saturated carbocycles. The van der Waals surface area contributed by atoms with Crippen molar-refractivity contribution < 1.29 is 9.53 Å². The van der Waals surface area contributed by atoms with Crippen molar-refractivity contribution in [1.29, 1.82) is 0 Å². The number of halogens is 2. The molecule has 0 radical (unpaired) electrons. The number of nitrogens with zero attached hydrogens (tertiary/aromatic N) is 1. The van der Waals surface area contributed by atoms with Gasteiger partial charge in [-0.25, -0.2) is 9.78 Å². The lowest BCUT2D eigenvalue weighted by molar-refractivity contribution is 0.0320. The predicted octanol–water partition coefficient (Wildman–Crippen LogP) is 4.15. The summed E-state index contributed by atoms with van der Waals surface area (Å²) in [5.41, 5.74) is 0.469. The van der Waals surface area contributed by atoms with E-state index in [0.29, 0.717) is 20.9 Å². The number of para-hydroxylation sites is 1. The molecule has 7 heteroatoms. The number of ether oxygens (including phenoxy) is 1. The van der Waals surface area contributed by atoms with E-state index in [2.05, 4.69) is 9.97 Å².